The van der Waals surface area contributed by atoms with Gasteiger partial charge < -0.3 is 9.84 Å². The molecule has 0 aromatic heterocycles. The van der Waals surface area contributed by atoms with Crippen LogP contribution in [0.2, 0.25) is 5.02 Å². The lowest BCUT2D eigenvalue weighted by Crippen LogP contribution is -2.15. The summed E-state index contributed by atoms with van der Waals surface area (Å²) in [6.07, 6.45) is 7.16. The molecule has 0 aliphatic heterocycles. The van der Waals surface area contributed by atoms with Crippen LogP contribution in [-0.4, -0.2) is 11.2 Å². The smallest absolute Gasteiger partial charge is 0.138 e. The zero-order chi connectivity index (χ0) is 13.0. The minimum atomic E-state index is -0.491. The molecule has 1 saturated carbocycles. The van der Waals surface area contributed by atoms with Gasteiger partial charge in [0.15, 0.2) is 0 Å². The maximum Gasteiger partial charge on any atom is 0.138 e. The summed E-state index contributed by atoms with van der Waals surface area (Å²) >= 11 is 6.20. The zero-order valence-electron chi connectivity index (χ0n) is 10.9. The highest BCUT2D eigenvalue weighted by atomic mass is 35.5. The lowest BCUT2D eigenvalue weighted by atomic mass is 10.1. The molecule has 1 N–H and O–H groups in total. The van der Waals surface area contributed by atoms with E-state index in [2.05, 4.69) is 0 Å². The number of benzene rings is 1. The Kier molecular flexibility index (Phi) is 4.90. The summed E-state index contributed by atoms with van der Waals surface area (Å²) in [6, 6.07) is 5.54. The number of halogens is 1. The van der Waals surface area contributed by atoms with Crippen molar-refractivity contribution < 1.29 is 9.84 Å². The number of aliphatic hydroxyl groups excluding tert-OH is 1. The monoisotopic (exact) mass is 268 g/mol. The van der Waals surface area contributed by atoms with Gasteiger partial charge in [0.2, 0.25) is 0 Å². The van der Waals surface area contributed by atoms with Crippen molar-refractivity contribution in [1.29, 1.82) is 0 Å². The van der Waals surface area contributed by atoms with Crippen molar-refractivity contribution >= 4 is 11.6 Å². The molecule has 2 nitrogen and oxygen atoms in total. The molecule has 1 unspecified atom stereocenters. The molecule has 1 fully saturated rings. The van der Waals surface area contributed by atoms with Crippen molar-refractivity contribution in [3.8, 4) is 5.75 Å². The summed E-state index contributed by atoms with van der Waals surface area (Å²) in [5.41, 5.74) is 0.827. The molecule has 3 heteroatoms. The molecule has 0 bridgehead atoms. The van der Waals surface area contributed by atoms with Crippen LogP contribution >= 0.6 is 11.6 Å². The van der Waals surface area contributed by atoms with Gasteiger partial charge in [0, 0.05) is 0 Å². The topological polar surface area (TPSA) is 29.5 Å². The lowest BCUT2D eigenvalue weighted by molar-refractivity contribution is 0.183. The van der Waals surface area contributed by atoms with E-state index in [4.69, 9.17) is 16.3 Å². The van der Waals surface area contributed by atoms with Crippen molar-refractivity contribution in [3.05, 3.63) is 28.8 Å². The second-order valence-corrected chi connectivity index (χ2v) is 5.50. The van der Waals surface area contributed by atoms with Crippen LogP contribution in [0.1, 0.15) is 57.1 Å². The van der Waals surface area contributed by atoms with Gasteiger partial charge in [-0.2, -0.15) is 0 Å². The average molecular weight is 269 g/mol. The predicted molar refractivity (Wildman–Crippen MR) is 74.2 cm³/mol. The Labute approximate surface area is 114 Å². The van der Waals surface area contributed by atoms with Crippen molar-refractivity contribution in [2.24, 2.45) is 0 Å². The van der Waals surface area contributed by atoms with Crippen molar-refractivity contribution in [2.45, 2.75) is 57.7 Å². The minimum absolute atomic E-state index is 0.294. The minimum Gasteiger partial charge on any atom is -0.489 e. The van der Waals surface area contributed by atoms with Crippen molar-refractivity contribution in [2.75, 3.05) is 0 Å². The second kappa shape index (κ2) is 6.44. The first-order valence-electron chi connectivity index (χ1n) is 6.81. The number of hydrogen-bond acceptors (Lipinski definition) is 2. The fraction of sp³-hybridized carbons (Fsp3) is 0.600. The van der Waals surface area contributed by atoms with Crippen LogP contribution in [0.3, 0.4) is 0 Å². The lowest BCUT2D eigenvalue weighted by Gasteiger charge is -2.18. The fourth-order valence-electron chi connectivity index (χ4n) is 2.41. The Morgan fingerprint density at radius 2 is 1.89 bits per heavy atom. The Morgan fingerprint density at radius 3 is 2.44 bits per heavy atom. The molecule has 2 rings (SSSR count). The molecule has 1 aliphatic rings. The van der Waals surface area contributed by atoms with E-state index in [0.717, 1.165) is 24.2 Å². The van der Waals surface area contributed by atoms with Crippen molar-refractivity contribution in [1.82, 2.24) is 0 Å². The molecule has 0 heterocycles. The van der Waals surface area contributed by atoms with Gasteiger partial charge in [0.25, 0.3) is 0 Å². The predicted octanol–water partition coefficient (Wildman–Crippen LogP) is 4.49. The fourth-order valence-corrected chi connectivity index (χ4v) is 2.65. The van der Waals surface area contributed by atoms with Crippen LogP contribution in [0, 0.1) is 0 Å². The van der Waals surface area contributed by atoms with Crippen LogP contribution in [0.4, 0.5) is 0 Å². The Morgan fingerprint density at radius 1 is 1.22 bits per heavy atom. The van der Waals surface area contributed by atoms with Gasteiger partial charge in [-0.1, -0.05) is 30.5 Å². The van der Waals surface area contributed by atoms with E-state index < -0.39 is 6.10 Å². The number of ether oxygens (including phenoxy) is 1. The van der Waals surface area contributed by atoms with E-state index >= 15 is 0 Å². The van der Waals surface area contributed by atoms with Gasteiger partial charge in [-0.25, -0.2) is 0 Å². The van der Waals surface area contributed by atoms with Crippen LogP contribution in [0.15, 0.2) is 18.2 Å². The van der Waals surface area contributed by atoms with Crippen LogP contribution in [0.25, 0.3) is 0 Å². The molecule has 18 heavy (non-hydrogen) atoms. The molecule has 0 amide bonds. The van der Waals surface area contributed by atoms with Gasteiger partial charge >= 0.3 is 0 Å². The summed E-state index contributed by atoms with van der Waals surface area (Å²) in [4.78, 5) is 0. The van der Waals surface area contributed by atoms with Crippen LogP contribution in [-0.2, 0) is 0 Å². The summed E-state index contributed by atoms with van der Waals surface area (Å²) < 4.78 is 5.99. The van der Waals surface area contributed by atoms with Crippen LogP contribution < -0.4 is 4.74 Å². The van der Waals surface area contributed by atoms with E-state index in [-0.39, 0.29) is 0 Å². The molecule has 0 radical (unpaired) electrons. The molecular formula is C15H21ClO2. The largest absolute Gasteiger partial charge is 0.489 e. The maximum absolute atomic E-state index is 9.50. The molecule has 1 aliphatic carbocycles. The second-order valence-electron chi connectivity index (χ2n) is 5.10. The van der Waals surface area contributed by atoms with Gasteiger partial charge in [-0.15, -0.1) is 0 Å². The highest BCUT2D eigenvalue weighted by Gasteiger charge is 2.15. The molecular weight excluding hydrogens is 248 g/mol. The first-order valence-corrected chi connectivity index (χ1v) is 7.19. The van der Waals surface area contributed by atoms with Gasteiger partial charge in [0.1, 0.15) is 5.75 Å². The van der Waals surface area contributed by atoms with Gasteiger partial charge in [-0.3, -0.25) is 0 Å². The highest BCUT2D eigenvalue weighted by molar-refractivity contribution is 6.32. The normalized spacial score (nSPS) is 19.3. The highest BCUT2D eigenvalue weighted by Crippen LogP contribution is 2.31. The van der Waals surface area contributed by atoms with E-state index in [1.807, 2.05) is 12.1 Å². The third-order valence-electron chi connectivity index (χ3n) is 3.53. The Bertz CT molecular complexity index is 382. The Balaban J connectivity index is 2.04. The standard InChI is InChI=1S/C15H21ClO2/c1-11(17)12-8-9-15(14(16)10-12)18-13-6-4-2-3-5-7-13/h8-11,13,17H,2-7H2,1H3. The SMILES string of the molecule is CC(O)c1ccc(OC2CCCCCC2)c(Cl)c1. The molecule has 0 spiro atoms. The van der Waals surface area contributed by atoms with E-state index in [9.17, 15) is 5.11 Å². The first kappa shape index (κ1) is 13.7. The first-order chi connectivity index (χ1) is 8.66. The summed E-state index contributed by atoms with van der Waals surface area (Å²) in [5.74, 6) is 0.743. The third-order valence-corrected chi connectivity index (χ3v) is 3.83. The summed E-state index contributed by atoms with van der Waals surface area (Å²) in [5, 5.41) is 10.1. The van der Waals surface area contributed by atoms with E-state index in [1.54, 1.807) is 13.0 Å². The third kappa shape index (κ3) is 3.63. The van der Waals surface area contributed by atoms with Crippen LogP contribution in [0.5, 0.6) is 5.75 Å². The summed E-state index contributed by atoms with van der Waals surface area (Å²) in [7, 11) is 0. The molecule has 0 saturated heterocycles. The number of rotatable bonds is 3. The van der Waals surface area contributed by atoms with Gasteiger partial charge in [-0.05, 0) is 50.3 Å². The number of hydrogen-bond donors (Lipinski definition) is 1. The maximum atomic E-state index is 9.50. The molecule has 1 aromatic carbocycles. The molecule has 100 valence electrons. The Hall–Kier alpha value is -0.730. The molecule has 1 atom stereocenters. The summed E-state index contributed by atoms with van der Waals surface area (Å²) in [6.45, 7) is 1.73. The number of aliphatic hydroxyl groups is 1. The van der Waals surface area contributed by atoms with Crippen molar-refractivity contribution in [3.63, 3.8) is 0 Å². The van der Waals surface area contributed by atoms with E-state index in [1.165, 1.54) is 25.7 Å². The quantitative estimate of drug-likeness (QED) is 0.818. The average Bonchev–Trinajstić information content (AvgIpc) is 2.60. The van der Waals surface area contributed by atoms with Gasteiger partial charge in [0.05, 0.1) is 17.2 Å². The zero-order valence-corrected chi connectivity index (χ0v) is 11.6. The molecule has 1 aromatic rings. The van der Waals surface area contributed by atoms with E-state index in [0.29, 0.717) is 11.1 Å².